The maximum Gasteiger partial charge on any atom is 0.0822 e. The highest BCUT2D eigenvalue weighted by molar-refractivity contribution is 9.10. The molecule has 10 heavy (non-hydrogen) atoms. The minimum atomic E-state index is -0.0914. The number of halogens is 1. The number of H-pyrrole nitrogens is 1. The third-order valence-corrected chi connectivity index (χ3v) is 1.75. The molecule has 1 aromatic heterocycles. The van der Waals surface area contributed by atoms with Gasteiger partial charge < -0.3 is 10.7 Å². The van der Waals surface area contributed by atoms with Crippen LogP contribution in [-0.4, -0.2) is 4.98 Å². The highest BCUT2D eigenvalue weighted by Gasteiger charge is 2.01. The summed E-state index contributed by atoms with van der Waals surface area (Å²) in [6.07, 6.45) is 1.69. The van der Waals surface area contributed by atoms with E-state index in [1.807, 2.05) is 12.1 Å². The molecule has 0 aliphatic rings. The Morgan fingerprint density at radius 3 is 2.80 bits per heavy atom. The third-order valence-electron chi connectivity index (χ3n) is 1.29. The smallest absolute Gasteiger partial charge is 0.0822 e. The summed E-state index contributed by atoms with van der Waals surface area (Å²) >= 11 is 3.28. The van der Waals surface area contributed by atoms with E-state index in [9.17, 15) is 0 Å². The predicted molar refractivity (Wildman–Crippen MR) is 45.6 cm³/mol. The van der Waals surface area contributed by atoms with E-state index < -0.39 is 0 Å². The number of aromatic nitrogens is 1. The second kappa shape index (κ2) is 3.03. The Kier molecular flexibility index (Phi) is 2.29. The third kappa shape index (κ3) is 1.49. The van der Waals surface area contributed by atoms with Gasteiger partial charge in [0.1, 0.15) is 0 Å². The van der Waals surface area contributed by atoms with Gasteiger partial charge in [-0.25, -0.2) is 0 Å². The van der Waals surface area contributed by atoms with E-state index in [-0.39, 0.29) is 6.04 Å². The van der Waals surface area contributed by atoms with Gasteiger partial charge in [0, 0.05) is 5.69 Å². The molecule has 3 N–H and O–H groups in total. The number of nitrogens with one attached hydrogen (secondary N) is 1. The van der Waals surface area contributed by atoms with Crippen molar-refractivity contribution in [2.75, 3.05) is 0 Å². The molecular weight excluding hydrogens is 192 g/mol. The fourth-order valence-corrected chi connectivity index (χ4v) is 1.07. The number of rotatable bonds is 2. The van der Waals surface area contributed by atoms with Crippen molar-refractivity contribution in [1.82, 2.24) is 4.98 Å². The van der Waals surface area contributed by atoms with Crippen molar-refractivity contribution < 1.29 is 0 Å². The Morgan fingerprint density at radius 2 is 2.40 bits per heavy atom. The fourth-order valence-electron chi connectivity index (χ4n) is 0.706. The molecule has 0 radical (unpaired) electrons. The fraction of sp³-hybridized carbons (Fsp3) is 0.143. The predicted octanol–water partition coefficient (Wildman–Crippen LogP) is 1.96. The SMILES string of the molecule is C=C[C@H](N)c1ccc(Br)[nH]1. The van der Waals surface area contributed by atoms with E-state index in [0.717, 1.165) is 10.3 Å². The second-order valence-corrected chi connectivity index (χ2v) is 2.88. The van der Waals surface area contributed by atoms with Gasteiger partial charge >= 0.3 is 0 Å². The Balaban J connectivity index is 2.84. The van der Waals surface area contributed by atoms with Gasteiger partial charge in [-0.05, 0) is 28.1 Å². The molecule has 0 aromatic carbocycles. The highest BCUT2D eigenvalue weighted by atomic mass is 79.9. The molecular formula is C7H9BrN2. The standard InChI is InChI=1S/C7H9BrN2/c1-2-5(9)6-3-4-7(8)10-6/h2-5,10H,1,9H2/t5-/m0/s1. The molecule has 0 unspecified atom stereocenters. The van der Waals surface area contributed by atoms with Gasteiger partial charge in [-0.3, -0.25) is 0 Å². The maximum absolute atomic E-state index is 5.64. The average molecular weight is 201 g/mol. The van der Waals surface area contributed by atoms with Crippen LogP contribution < -0.4 is 5.73 Å². The van der Waals surface area contributed by atoms with Crippen LogP contribution in [0.5, 0.6) is 0 Å². The lowest BCUT2D eigenvalue weighted by atomic mass is 10.2. The van der Waals surface area contributed by atoms with Crippen LogP contribution in [0.15, 0.2) is 29.4 Å². The molecule has 0 spiro atoms. The summed E-state index contributed by atoms with van der Waals surface area (Å²) in [5.41, 5.74) is 6.61. The van der Waals surface area contributed by atoms with Gasteiger partial charge in [-0.1, -0.05) is 6.08 Å². The molecule has 2 nitrogen and oxygen atoms in total. The van der Waals surface area contributed by atoms with Crippen LogP contribution >= 0.6 is 15.9 Å². The zero-order valence-electron chi connectivity index (χ0n) is 5.47. The molecule has 1 rings (SSSR count). The topological polar surface area (TPSA) is 41.8 Å². The van der Waals surface area contributed by atoms with Gasteiger partial charge in [0.2, 0.25) is 0 Å². The summed E-state index contributed by atoms with van der Waals surface area (Å²) in [5, 5.41) is 0. The van der Waals surface area contributed by atoms with Crippen molar-refractivity contribution >= 4 is 15.9 Å². The summed E-state index contributed by atoms with van der Waals surface area (Å²) in [7, 11) is 0. The normalized spacial score (nSPS) is 13.0. The van der Waals surface area contributed by atoms with Crippen molar-refractivity contribution in [3.63, 3.8) is 0 Å². The van der Waals surface area contributed by atoms with Gasteiger partial charge in [0.15, 0.2) is 0 Å². The maximum atomic E-state index is 5.64. The largest absolute Gasteiger partial charge is 0.352 e. The lowest BCUT2D eigenvalue weighted by Gasteiger charge is -2.00. The lowest BCUT2D eigenvalue weighted by molar-refractivity contribution is 0.873. The van der Waals surface area contributed by atoms with E-state index >= 15 is 0 Å². The van der Waals surface area contributed by atoms with Crippen LogP contribution in [0.1, 0.15) is 11.7 Å². The molecule has 0 aliphatic carbocycles. The molecule has 1 heterocycles. The van der Waals surface area contributed by atoms with Crippen LogP contribution in [0, 0.1) is 0 Å². The van der Waals surface area contributed by atoms with Gasteiger partial charge in [-0.15, -0.1) is 6.58 Å². The molecule has 0 saturated carbocycles. The minimum absolute atomic E-state index is 0.0914. The zero-order valence-corrected chi connectivity index (χ0v) is 7.06. The zero-order chi connectivity index (χ0) is 7.56. The van der Waals surface area contributed by atoms with E-state index in [1.54, 1.807) is 6.08 Å². The van der Waals surface area contributed by atoms with Crippen molar-refractivity contribution in [2.45, 2.75) is 6.04 Å². The van der Waals surface area contributed by atoms with Crippen molar-refractivity contribution in [1.29, 1.82) is 0 Å². The van der Waals surface area contributed by atoms with Crippen molar-refractivity contribution in [2.24, 2.45) is 5.73 Å². The van der Waals surface area contributed by atoms with Crippen LogP contribution in [0.3, 0.4) is 0 Å². The van der Waals surface area contributed by atoms with E-state index in [1.165, 1.54) is 0 Å². The van der Waals surface area contributed by atoms with Gasteiger partial charge in [-0.2, -0.15) is 0 Å². The van der Waals surface area contributed by atoms with Crippen LogP contribution in [0.2, 0.25) is 0 Å². The van der Waals surface area contributed by atoms with Gasteiger partial charge in [0.05, 0.1) is 10.6 Å². The Labute approximate surface area is 68.3 Å². The molecule has 3 heteroatoms. The summed E-state index contributed by atoms with van der Waals surface area (Å²) < 4.78 is 0.944. The first-order valence-corrected chi connectivity index (χ1v) is 3.76. The minimum Gasteiger partial charge on any atom is -0.352 e. The molecule has 0 aliphatic heterocycles. The highest BCUT2D eigenvalue weighted by Crippen LogP contribution is 2.13. The summed E-state index contributed by atoms with van der Waals surface area (Å²) in [4.78, 5) is 3.05. The molecule has 1 aromatic rings. The molecule has 1 atom stereocenters. The molecule has 0 saturated heterocycles. The van der Waals surface area contributed by atoms with E-state index in [4.69, 9.17) is 5.73 Å². The van der Waals surface area contributed by atoms with Crippen LogP contribution in [0.4, 0.5) is 0 Å². The average Bonchev–Trinajstić information content (AvgIpc) is 2.34. The summed E-state index contributed by atoms with van der Waals surface area (Å²) in [6.45, 7) is 3.59. The summed E-state index contributed by atoms with van der Waals surface area (Å²) in [5.74, 6) is 0. The quantitative estimate of drug-likeness (QED) is 0.705. The Morgan fingerprint density at radius 1 is 1.70 bits per heavy atom. The Hall–Kier alpha value is -0.540. The van der Waals surface area contributed by atoms with E-state index in [2.05, 4.69) is 27.5 Å². The number of nitrogens with two attached hydrogens (primary N) is 1. The molecule has 0 fully saturated rings. The first-order valence-electron chi connectivity index (χ1n) is 2.96. The lowest BCUT2D eigenvalue weighted by Crippen LogP contribution is -2.06. The monoisotopic (exact) mass is 200 g/mol. The molecule has 0 amide bonds. The first kappa shape index (κ1) is 7.57. The van der Waals surface area contributed by atoms with Crippen molar-refractivity contribution in [3.8, 4) is 0 Å². The number of aromatic amines is 1. The number of hydrogen-bond acceptors (Lipinski definition) is 1. The number of hydrogen-bond donors (Lipinski definition) is 2. The first-order chi connectivity index (χ1) is 4.74. The van der Waals surface area contributed by atoms with E-state index in [0.29, 0.717) is 0 Å². The van der Waals surface area contributed by atoms with Crippen LogP contribution in [0.25, 0.3) is 0 Å². The van der Waals surface area contributed by atoms with Gasteiger partial charge in [0.25, 0.3) is 0 Å². The second-order valence-electron chi connectivity index (χ2n) is 2.02. The van der Waals surface area contributed by atoms with Crippen molar-refractivity contribution in [3.05, 3.63) is 35.1 Å². The Bertz CT molecular complexity index is 229. The van der Waals surface area contributed by atoms with Crippen LogP contribution in [-0.2, 0) is 0 Å². The summed E-state index contributed by atoms with van der Waals surface area (Å²) in [6, 6.07) is 3.75. The molecule has 0 bridgehead atoms. The molecule has 54 valence electrons.